The quantitative estimate of drug-likeness (QED) is 0.678. The maximum absolute atomic E-state index is 5.37. The van der Waals surface area contributed by atoms with E-state index in [9.17, 15) is 0 Å². The molecule has 1 unspecified atom stereocenters. The van der Waals surface area contributed by atoms with Crippen LogP contribution in [0.2, 0.25) is 0 Å². The summed E-state index contributed by atoms with van der Waals surface area (Å²) in [6.45, 7) is 2.91. The summed E-state index contributed by atoms with van der Waals surface area (Å²) in [6, 6.07) is 0.260. The van der Waals surface area contributed by atoms with Gasteiger partial charge in [-0.15, -0.1) is 6.42 Å². The summed E-state index contributed by atoms with van der Waals surface area (Å²) >= 11 is 0. The highest BCUT2D eigenvalue weighted by Gasteiger charge is 2.16. The van der Waals surface area contributed by atoms with Crippen LogP contribution in [0.25, 0.3) is 0 Å². The van der Waals surface area contributed by atoms with Crippen molar-refractivity contribution < 1.29 is 4.74 Å². The smallest absolute Gasteiger partial charge is 0.101 e. The van der Waals surface area contributed by atoms with Crippen LogP contribution in [0.1, 0.15) is 11.6 Å². The van der Waals surface area contributed by atoms with Crippen molar-refractivity contribution in [1.82, 2.24) is 15.1 Å². The monoisotopic (exact) mass is 191 g/mol. The predicted octanol–water partition coefficient (Wildman–Crippen LogP) is 0.177. The first-order valence-corrected chi connectivity index (χ1v) is 4.67. The maximum Gasteiger partial charge on any atom is 0.101 e. The normalized spacial score (nSPS) is 21.8. The zero-order valence-electron chi connectivity index (χ0n) is 7.94. The number of morpholine rings is 1. The molecule has 0 amide bonds. The average Bonchev–Trinajstić information content (AvgIpc) is 2.68. The molecule has 0 saturated carbocycles. The van der Waals surface area contributed by atoms with E-state index >= 15 is 0 Å². The van der Waals surface area contributed by atoms with E-state index in [4.69, 9.17) is 11.2 Å². The van der Waals surface area contributed by atoms with Gasteiger partial charge in [0.1, 0.15) is 6.54 Å². The molecule has 1 atom stereocenters. The molecule has 74 valence electrons. The fraction of sp³-hybridized carbons (Fsp3) is 0.500. The highest BCUT2D eigenvalue weighted by Crippen LogP contribution is 2.14. The van der Waals surface area contributed by atoms with E-state index < -0.39 is 0 Å². The number of nitrogens with one attached hydrogen (secondary N) is 1. The minimum absolute atomic E-state index is 0.260. The van der Waals surface area contributed by atoms with Crippen LogP contribution in [0, 0.1) is 12.3 Å². The van der Waals surface area contributed by atoms with Gasteiger partial charge in [-0.25, -0.2) is 0 Å². The Morgan fingerprint density at radius 2 is 2.71 bits per heavy atom. The molecular weight excluding hydrogens is 178 g/mol. The van der Waals surface area contributed by atoms with E-state index in [0.717, 1.165) is 18.7 Å². The molecule has 1 aliphatic heterocycles. The lowest BCUT2D eigenvalue weighted by atomic mass is 10.1. The summed E-state index contributed by atoms with van der Waals surface area (Å²) < 4.78 is 7.12. The van der Waals surface area contributed by atoms with Crippen molar-refractivity contribution in [2.24, 2.45) is 0 Å². The molecule has 0 aliphatic carbocycles. The lowest BCUT2D eigenvalue weighted by Crippen LogP contribution is -2.34. The molecule has 4 heteroatoms. The van der Waals surface area contributed by atoms with Crippen LogP contribution in [0.3, 0.4) is 0 Å². The van der Waals surface area contributed by atoms with Crippen LogP contribution >= 0.6 is 0 Å². The van der Waals surface area contributed by atoms with Gasteiger partial charge in [-0.1, -0.05) is 5.92 Å². The number of aromatic nitrogens is 2. The van der Waals surface area contributed by atoms with Gasteiger partial charge in [0, 0.05) is 18.3 Å². The maximum atomic E-state index is 5.37. The summed E-state index contributed by atoms with van der Waals surface area (Å²) in [4.78, 5) is 0. The van der Waals surface area contributed by atoms with Gasteiger partial charge in [-0.05, 0) is 0 Å². The standard InChI is InChI=1S/C10H13N3O/c1-2-4-13-7-9(6-12-13)10-8-14-5-3-11-10/h1,6-7,10-11H,3-5,8H2. The Balaban J connectivity index is 2.04. The van der Waals surface area contributed by atoms with Gasteiger partial charge in [0.2, 0.25) is 0 Å². The fourth-order valence-electron chi connectivity index (χ4n) is 1.52. The van der Waals surface area contributed by atoms with E-state index in [1.165, 1.54) is 0 Å². The van der Waals surface area contributed by atoms with Gasteiger partial charge >= 0.3 is 0 Å². The minimum Gasteiger partial charge on any atom is -0.378 e. The van der Waals surface area contributed by atoms with Gasteiger partial charge < -0.3 is 10.1 Å². The summed E-state index contributed by atoms with van der Waals surface area (Å²) in [5.74, 6) is 2.55. The SMILES string of the molecule is C#CCn1cc(C2COCCN2)cn1. The molecule has 1 N–H and O–H groups in total. The van der Waals surface area contributed by atoms with Crippen LogP contribution < -0.4 is 5.32 Å². The molecule has 4 nitrogen and oxygen atoms in total. The lowest BCUT2D eigenvalue weighted by Gasteiger charge is -2.22. The third-order valence-corrected chi connectivity index (χ3v) is 2.23. The zero-order valence-corrected chi connectivity index (χ0v) is 7.94. The summed E-state index contributed by atoms with van der Waals surface area (Å²) in [7, 11) is 0. The Morgan fingerprint density at radius 1 is 1.79 bits per heavy atom. The summed E-state index contributed by atoms with van der Waals surface area (Å²) in [5, 5.41) is 7.52. The first kappa shape index (κ1) is 9.25. The van der Waals surface area contributed by atoms with Crippen molar-refractivity contribution in [2.75, 3.05) is 19.8 Å². The van der Waals surface area contributed by atoms with Crippen molar-refractivity contribution in [2.45, 2.75) is 12.6 Å². The molecule has 1 aliphatic rings. The lowest BCUT2D eigenvalue weighted by molar-refractivity contribution is 0.0768. The Kier molecular flexibility index (Phi) is 2.82. The second-order valence-corrected chi connectivity index (χ2v) is 3.26. The third-order valence-electron chi connectivity index (χ3n) is 2.23. The Bertz CT molecular complexity index is 333. The molecule has 1 fully saturated rings. The van der Waals surface area contributed by atoms with Crippen molar-refractivity contribution in [3.63, 3.8) is 0 Å². The zero-order chi connectivity index (χ0) is 9.80. The molecule has 0 bridgehead atoms. The molecular formula is C10H13N3O. The Labute approximate surface area is 83.3 Å². The van der Waals surface area contributed by atoms with Crippen molar-refractivity contribution in [1.29, 1.82) is 0 Å². The molecule has 0 radical (unpaired) electrons. The van der Waals surface area contributed by atoms with Gasteiger partial charge in [0.05, 0.1) is 25.5 Å². The van der Waals surface area contributed by atoms with Gasteiger partial charge in [0.25, 0.3) is 0 Å². The average molecular weight is 191 g/mol. The van der Waals surface area contributed by atoms with E-state index in [-0.39, 0.29) is 6.04 Å². The summed E-state index contributed by atoms with van der Waals surface area (Å²) in [5.41, 5.74) is 1.14. The number of terminal acetylenes is 1. The van der Waals surface area contributed by atoms with E-state index in [1.807, 2.05) is 12.4 Å². The highest BCUT2D eigenvalue weighted by atomic mass is 16.5. The van der Waals surface area contributed by atoms with Crippen LogP contribution in [0.15, 0.2) is 12.4 Å². The summed E-state index contributed by atoms with van der Waals surface area (Å²) in [6.07, 6.45) is 9.00. The molecule has 0 spiro atoms. The Morgan fingerprint density at radius 3 is 3.43 bits per heavy atom. The van der Waals surface area contributed by atoms with Crippen molar-refractivity contribution >= 4 is 0 Å². The first-order chi connectivity index (χ1) is 6.90. The third kappa shape index (κ3) is 1.95. The highest BCUT2D eigenvalue weighted by molar-refractivity contribution is 5.11. The van der Waals surface area contributed by atoms with Crippen molar-refractivity contribution in [3.8, 4) is 12.3 Å². The molecule has 2 heterocycles. The van der Waals surface area contributed by atoms with Gasteiger partial charge in [0.15, 0.2) is 0 Å². The van der Waals surface area contributed by atoms with Crippen LogP contribution in [0.4, 0.5) is 0 Å². The topological polar surface area (TPSA) is 39.1 Å². The second kappa shape index (κ2) is 4.27. The van der Waals surface area contributed by atoms with Crippen LogP contribution in [0.5, 0.6) is 0 Å². The Hall–Kier alpha value is -1.31. The number of hydrogen-bond donors (Lipinski definition) is 1. The van der Waals surface area contributed by atoms with E-state index in [2.05, 4.69) is 16.3 Å². The number of nitrogens with zero attached hydrogens (tertiary/aromatic N) is 2. The molecule has 1 saturated heterocycles. The number of ether oxygens (including phenoxy) is 1. The number of hydrogen-bond acceptors (Lipinski definition) is 3. The van der Waals surface area contributed by atoms with Crippen LogP contribution in [-0.2, 0) is 11.3 Å². The van der Waals surface area contributed by atoms with E-state index in [0.29, 0.717) is 13.2 Å². The molecule has 0 aromatic carbocycles. The predicted molar refractivity (Wildman–Crippen MR) is 52.6 cm³/mol. The molecule has 1 aromatic heterocycles. The first-order valence-electron chi connectivity index (χ1n) is 4.67. The van der Waals surface area contributed by atoms with Gasteiger partial charge in [-0.3, -0.25) is 4.68 Å². The van der Waals surface area contributed by atoms with Crippen LogP contribution in [-0.4, -0.2) is 29.5 Å². The van der Waals surface area contributed by atoms with E-state index in [1.54, 1.807) is 4.68 Å². The minimum atomic E-state index is 0.260. The second-order valence-electron chi connectivity index (χ2n) is 3.26. The fourth-order valence-corrected chi connectivity index (χ4v) is 1.52. The largest absolute Gasteiger partial charge is 0.378 e. The number of rotatable bonds is 2. The molecule has 1 aromatic rings. The van der Waals surface area contributed by atoms with Crippen molar-refractivity contribution in [3.05, 3.63) is 18.0 Å². The molecule has 2 rings (SSSR count). The molecule has 14 heavy (non-hydrogen) atoms. The van der Waals surface area contributed by atoms with Gasteiger partial charge in [-0.2, -0.15) is 5.10 Å².